The zero-order valence-corrected chi connectivity index (χ0v) is 11.8. The fourth-order valence-electron chi connectivity index (χ4n) is 1.27. The topological polar surface area (TPSA) is 84.0 Å². The molecule has 0 bridgehead atoms. The van der Waals surface area contributed by atoms with Crippen molar-refractivity contribution in [3.63, 3.8) is 0 Å². The summed E-state index contributed by atoms with van der Waals surface area (Å²) in [7, 11) is 0. The van der Waals surface area contributed by atoms with Gasteiger partial charge >= 0.3 is 0 Å². The number of rotatable bonds is 5. The Morgan fingerprint density at radius 1 is 1.37 bits per heavy atom. The van der Waals surface area contributed by atoms with E-state index in [0.717, 1.165) is 11.4 Å². The number of hydrogen-bond donors (Lipinski definition) is 2. The van der Waals surface area contributed by atoms with Crippen LogP contribution in [0.4, 0.5) is 5.13 Å². The van der Waals surface area contributed by atoms with Gasteiger partial charge in [-0.15, -0.1) is 21.5 Å². The Kier molecular flexibility index (Phi) is 4.58. The van der Waals surface area contributed by atoms with Gasteiger partial charge in [-0.05, 0) is 17.9 Å². The molecule has 0 aliphatic rings. The second kappa shape index (κ2) is 6.39. The summed E-state index contributed by atoms with van der Waals surface area (Å²) in [6.07, 6.45) is 0.780. The number of carbonyl (C=O) groups excluding carboxylic acids is 2. The minimum Gasteiger partial charge on any atom is -0.342 e. The van der Waals surface area contributed by atoms with Crippen LogP contribution in [-0.4, -0.2) is 28.6 Å². The molecular weight excluding hydrogens is 284 g/mol. The van der Waals surface area contributed by atoms with Crippen LogP contribution in [0.2, 0.25) is 0 Å². The van der Waals surface area contributed by atoms with E-state index in [0.29, 0.717) is 10.0 Å². The summed E-state index contributed by atoms with van der Waals surface area (Å²) in [6.45, 7) is 1.88. The van der Waals surface area contributed by atoms with Crippen molar-refractivity contribution in [1.29, 1.82) is 0 Å². The zero-order chi connectivity index (χ0) is 13.7. The quantitative estimate of drug-likeness (QED) is 0.876. The highest BCUT2D eigenvalue weighted by Crippen LogP contribution is 2.14. The number of aryl methyl sites for hydroxylation is 1. The van der Waals surface area contributed by atoms with Gasteiger partial charge in [-0.25, -0.2) is 0 Å². The Labute approximate surface area is 117 Å². The average Bonchev–Trinajstić information content (AvgIpc) is 3.06. The highest BCUT2D eigenvalue weighted by atomic mass is 32.1. The van der Waals surface area contributed by atoms with Gasteiger partial charge < -0.3 is 5.32 Å². The average molecular weight is 296 g/mol. The van der Waals surface area contributed by atoms with Crippen molar-refractivity contribution in [2.24, 2.45) is 0 Å². The molecule has 0 radical (unpaired) electrons. The summed E-state index contributed by atoms with van der Waals surface area (Å²) in [5, 5.41) is 16.0. The first-order valence-corrected chi connectivity index (χ1v) is 7.32. The van der Waals surface area contributed by atoms with Gasteiger partial charge in [-0.2, -0.15) is 0 Å². The molecule has 0 atom stereocenters. The Balaban J connectivity index is 1.80. The molecule has 2 rings (SSSR count). The van der Waals surface area contributed by atoms with Crippen molar-refractivity contribution >= 4 is 39.6 Å². The van der Waals surface area contributed by atoms with E-state index in [-0.39, 0.29) is 18.4 Å². The van der Waals surface area contributed by atoms with Crippen molar-refractivity contribution in [1.82, 2.24) is 15.5 Å². The number of thiophene rings is 1. The number of hydrogen-bond acceptors (Lipinski definition) is 6. The lowest BCUT2D eigenvalue weighted by Gasteiger charge is -2.02. The van der Waals surface area contributed by atoms with Crippen molar-refractivity contribution < 1.29 is 9.59 Å². The van der Waals surface area contributed by atoms with Gasteiger partial charge in [0.2, 0.25) is 11.0 Å². The normalized spacial score (nSPS) is 10.2. The molecule has 19 heavy (non-hydrogen) atoms. The predicted molar refractivity (Wildman–Crippen MR) is 74.6 cm³/mol. The smallest absolute Gasteiger partial charge is 0.261 e. The molecule has 0 saturated heterocycles. The van der Waals surface area contributed by atoms with E-state index < -0.39 is 0 Å². The number of carbonyl (C=O) groups is 2. The molecule has 2 heterocycles. The minimum absolute atomic E-state index is 0.0855. The summed E-state index contributed by atoms with van der Waals surface area (Å²) < 4.78 is 0. The lowest BCUT2D eigenvalue weighted by molar-refractivity contribution is -0.115. The van der Waals surface area contributed by atoms with E-state index in [9.17, 15) is 9.59 Å². The van der Waals surface area contributed by atoms with E-state index in [1.807, 2.05) is 12.3 Å². The van der Waals surface area contributed by atoms with Gasteiger partial charge in [0.1, 0.15) is 5.01 Å². The maximum absolute atomic E-state index is 11.6. The SMILES string of the molecule is CCc1nnc(NC(=O)CNC(=O)c2cccs2)s1. The van der Waals surface area contributed by atoms with E-state index >= 15 is 0 Å². The molecule has 2 aromatic rings. The highest BCUT2D eigenvalue weighted by Gasteiger charge is 2.10. The minimum atomic E-state index is -0.316. The predicted octanol–water partition coefficient (Wildman–Crippen LogP) is 1.53. The van der Waals surface area contributed by atoms with Gasteiger partial charge in [0, 0.05) is 0 Å². The lowest BCUT2D eigenvalue weighted by Crippen LogP contribution is -2.32. The molecule has 0 spiro atoms. The molecule has 6 nitrogen and oxygen atoms in total. The Bertz CT molecular complexity index is 565. The van der Waals surface area contributed by atoms with Gasteiger partial charge in [-0.1, -0.05) is 24.3 Å². The molecule has 2 amide bonds. The molecule has 100 valence electrons. The van der Waals surface area contributed by atoms with E-state index in [2.05, 4.69) is 20.8 Å². The van der Waals surface area contributed by atoms with Gasteiger partial charge in [0.15, 0.2) is 0 Å². The van der Waals surface area contributed by atoms with Crippen LogP contribution in [-0.2, 0) is 11.2 Å². The number of nitrogens with one attached hydrogen (secondary N) is 2. The third-order valence-electron chi connectivity index (χ3n) is 2.17. The first-order chi connectivity index (χ1) is 9.19. The lowest BCUT2D eigenvalue weighted by atomic mass is 10.4. The maximum Gasteiger partial charge on any atom is 0.261 e. The molecule has 0 fully saturated rings. The molecular formula is C11H12N4O2S2. The first-order valence-electron chi connectivity index (χ1n) is 5.63. The fourth-order valence-corrected chi connectivity index (χ4v) is 2.60. The fraction of sp³-hybridized carbons (Fsp3) is 0.273. The summed E-state index contributed by atoms with van der Waals surface area (Å²) in [5.74, 6) is -0.569. The van der Waals surface area contributed by atoms with Gasteiger partial charge in [-0.3, -0.25) is 14.9 Å². The second-order valence-electron chi connectivity index (χ2n) is 3.56. The third-order valence-corrected chi connectivity index (χ3v) is 4.02. The highest BCUT2D eigenvalue weighted by molar-refractivity contribution is 7.15. The van der Waals surface area contributed by atoms with Crippen LogP contribution in [0.3, 0.4) is 0 Å². The molecule has 2 aromatic heterocycles. The maximum atomic E-state index is 11.6. The molecule has 8 heteroatoms. The van der Waals surface area contributed by atoms with Crippen molar-refractivity contribution in [3.05, 3.63) is 27.4 Å². The second-order valence-corrected chi connectivity index (χ2v) is 5.57. The first kappa shape index (κ1) is 13.6. The van der Waals surface area contributed by atoms with Crippen molar-refractivity contribution in [3.8, 4) is 0 Å². The van der Waals surface area contributed by atoms with Crippen LogP contribution in [0.15, 0.2) is 17.5 Å². The standard InChI is InChI=1S/C11H12N4O2S2/c1-2-9-14-15-11(19-9)13-8(16)6-12-10(17)7-4-3-5-18-7/h3-5H,2,6H2,1H3,(H,12,17)(H,13,15,16). The number of anilines is 1. The van der Waals surface area contributed by atoms with Crippen LogP contribution >= 0.6 is 22.7 Å². The van der Waals surface area contributed by atoms with Crippen LogP contribution < -0.4 is 10.6 Å². The van der Waals surface area contributed by atoms with Crippen molar-refractivity contribution in [2.45, 2.75) is 13.3 Å². The van der Waals surface area contributed by atoms with Crippen LogP contribution in [0, 0.1) is 0 Å². The zero-order valence-electron chi connectivity index (χ0n) is 10.2. The Morgan fingerprint density at radius 2 is 2.21 bits per heavy atom. The monoisotopic (exact) mass is 296 g/mol. The number of amides is 2. The van der Waals surface area contributed by atoms with Gasteiger partial charge in [0.25, 0.3) is 5.91 Å². The van der Waals surface area contributed by atoms with Crippen LogP contribution in [0.25, 0.3) is 0 Å². The summed E-state index contributed by atoms with van der Waals surface area (Å²) in [5.41, 5.74) is 0. The van der Waals surface area contributed by atoms with E-state index in [1.165, 1.54) is 22.7 Å². The van der Waals surface area contributed by atoms with Crippen molar-refractivity contribution in [2.75, 3.05) is 11.9 Å². The number of aromatic nitrogens is 2. The third kappa shape index (κ3) is 3.83. The Morgan fingerprint density at radius 3 is 2.84 bits per heavy atom. The van der Waals surface area contributed by atoms with Crippen LogP contribution in [0.5, 0.6) is 0 Å². The summed E-state index contributed by atoms with van der Waals surface area (Å²) in [6, 6.07) is 3.49. The van der Waals surface area contributed by atoms with E-state index in [4.69, 9.17) is 0 Å². The molecule has 0 unspecified atom stereocenters. The molecule has 0 aliphatic carbocycles. The van der Waals surface area contributed by atoms with Crippen LogP contribution in [0.1, 0.15) is 21.6 Å². The molecule has 0 aromatic carbocycles. The Hall–Kier alpha value is -1.80. The van der Waals surface area contributed by atoms with E-state index in [1.54, 1.807) is 12.1 Å². The molecule has 0 saturated carbocycles. The number of nitrogens with zero attached hydrogens (tertiary/aromatic N) is 2. The largest absolute Gasteiger partial charge is 0.342 e. The summed E-state index contributed by atoms with van der Waals surface area (Å²) >= 11 is 2.66. The molecule has 0 aliphatic heterocycles. The van der Waals surface area contributed by atoms with Gasteiger partial charge in [0.05, 0.1) is 11.4 Å². The summed E-state index contributed by atoms with van der Waals surface area (Å²) in [4.78, 5) is 23.8. The molecule has 2 N–H and O–H groups in total.